The standard InChI is InChI=1S/C19H20N2O3S/c1-14-16(8-5-9-17(14)21(23)24)19(22)20-11-10-18(25-13-12-20)15-6-3-2-4-7-15/h2-9,18H,10-13H2,1H3. The quantitative estimate of drug-likeness (QED) is 0.610. The van der Waals surface area contributed by atoms with E-state index in [2.05, 4.69) is 12.1 Å². The van der Waals surface area contributed by atoms with Crippen molar-refractivity contribution in [2.45, 2.75) is 18.6 Å². The highest BCUT2D eigenvalue weighted by Gasteiger charge is 2.25. The van der Waals surface area contributed by atoms with Crippen LogP contribution in [-0.4, -0.2) is 34.6 Å². The van der Waals surface area contributed by atoms with Gasteiger partial charge in [-0.3, -0.25) is 14.9 Å². The monoisotopic (exact) mass is 356 g/mol. The number of rotatable bonds is 3. The van der Waals surface area contributed by atoms with Crippen LogP contribution in [0.1, 0.15) is 33.2 Å². The minimum atomic E-state index is -0.435. The highest BCUT2D eigenvalue weighted by atomic mass is 32.2. The van der Waals surface area contributed by atoms with Crippen molar-refractivity contribution in [3.63, 3.8) is 0 Å². The van der Waals surface area contributed by atoms with Crippen molar-refractivity contribution in [2.75, 3.05) is 18.8 Å². The molecule has 0 spiro atoms. The molecule has 0 bridgehead atoms. The van der Waals surface area contributed by atoms with E-state index < -0.39 is 4.92 Å². The summed E-state index contributed by atoms with van der Waals surface area (Å²) in [5.74, 6) is 0.745. The van der Waals surface area contributed by atoms with Crippen molar-refractivity contribution in [2.24, 2.45) is 0 Å². The van der Waals surface area contributed by atoms with Crippen LogP contribution in [0.3, 0.4) is 0 Å². The maximum atomic E-state index is 12.9. The first kappa shape index (κ1) is 17.5. The lowest BCUT2D eigenvalue weighted by atomic mass is 10.0. The predicted octanol–water partition coefficient (Wildman–Crippen LogP) is 4.22. The van der Waals surface area contributed by atoms with Crippen molar-refractivity contribution in [3.05, 3.63) is 75.3 Å². The SMILES string of the molecule is Cc1c(C(=O)N2CCSC(c3ccccc3)CC2)cccc1[N+](=O)[O-]. The third-order valence-electron chi connectivity index (χ3n) is 4.53. The van der Waals surface area contributed by atoms with E-state index in [1.54, 1.807) is 19.1 Å². The third kappa shape index (κ3) is 3.85. The average molecular weight is 356 g/mol. The fourth-order valence-corrected chi connectivity index (χ4v) is 4.36. The number of hydrogen-bond donors (Lipinski definition) is 0. The zero-order valence-corrected chi connectivity index (χ0v) is 14.9. The van der Waals surface area contributed by atoms with Gasteiger partial charge in [0.05, 0.1) is 4.92 Å². The van der Waals surface area contributed by atoms with Crippen LogP contribution in [0.25, 0.3) is 0 Å². The molecule has 1 amide bonds. The van der Waals surface area contributed by atoms with Crippen molar-refractivity contribution in [1.82, 2.24) is 4.90 Å². The Morgan fingerprint density at radius 3 is 2.64 bits per heavy atom. The smallest absolute Gasteiger partial charge is 0.273 e. The Morgan fingerprint density at radius 1 is 1.16 bits per heavy atom. The van der Waals surface area contributed by atoms with E-state index in [1.165, 1.54) is 11.6 Å². The highest BCUT2D eigenvalue weighted by molar-refractivity contribution is 7.99. The highest BCUT2D eigenvalue weighted by Crippen LogP contribution is 2.34. The summed E-state index contributed by atoms with van der Waals surface area (Å²) in [5, 5.41) is 11.5. The predicted molar refractivity (Wildman–Crippen MR) is 100.0 cm³/mol. The van der Waals surface area contributed by atoms with E-state index >= 15 is 0 Å². The van der Waals surface area contributed by atoms with E-state index in [0.29, 0.717) is 29.5 Å². The van der Waals surface area contributed by atoms with Gasteiger partial charge < -0.3 is 4.90 Å². The number of nitro groups is 1. The zero-order chi connectivity index (χ0) is 17.8. The summed E-state index contributed by atoms with van der Waals surface area (Å²) in [6.45, 7) is 2.97. The van der Waals surface area contributed by atoms with Gasteiger partial charge in [-0.25, -0.2) is 0 Å². The number of benzene rings is 2. The van der Waals surface area contributed by atoms with Crippen LogP contribution in [-0.2, 0) is 0 Å². The summed E-state index contributed by atoms with van der Waals surface area (Å²) in [6, 6.07) is 15.0. The van der Waals surface area contributed by atoms with Gasteiger partial charge in [0.15, 0.2) is 0 Å². The van der Waals surface area contributed by atoms with Gasteiger partial charge >= 0.3 is 0 Å². The second-order valence-corrected chi connectivity index (χ2v) is 7.37. The molecule has 1 saturated heterocycles. The van der Waals surface area contributed by atoms with Gasteiger partial charge in [-0.15, -0.1) is 0 Å². The lowest BCUT2D eigenvalue weighted by Gasteiger charge is -2.21. The Labute approximate surface area is 151 Å². The van der Waals surface area contributed by atoms with Crippen LogP contribution in [0.2, 0.25) is 0 Å². The van der Waals surface area contributed by atoms with Gasteiger partial charge in [0, 0.05) is 41.3 Å². The minimum Gasteiger partial charge on any atom is -0.338 e. The molecule has 0 aromatic heterocycles. The molecule has 1 heterocycles. The normalized spacial score (nSPS) is 17.8. The molecule has 0 saturated carbocycles. The van der Waals surface area contributed by atoms with Gasteiger partial charge in [-0.1, -0.05) is 36.4 Å². The fourth-order valence-electron chi connectivity index (χ4n) is 3.13. The first-order valence-electron chi connectivity index (χ1n) is 8.27. The van der Waals surface area contributed by atoms with Gasteiger partial charge in [0.2, 0.25) is 0 Å². The summed E-state index contributed by atoms with van der Waals surface area (Å²) < 4.78 is 0. The number of amides is 1. The molecule has 6 heteroatoms. The Kier molecular flexibility index (Phi) is 5.38. The maximum absolute atomic E-state index is 12.9. The van der Waals surface area contributed by atoms with Crippen molar-refractivity contribution >= 4 is 23.4 Å². The topological polar surface area (TPSA) is 63.5 Å². The van der Waals surface area contributed by atoms with E-state index in [9.17, 15) is 14.9 Å². The molecule has 2 aromatic rings. The minimum absolute atomic E-state index is 0.00258. The van der Waals surface area contributed by atoms with Crippen molar-refractivity contribution in [1.29, 1.82) is 0 Å². The number of carbonyl (C=O) groups excluding carboxylic acids is 1. The van der Waals surface area contributed by atoms with Crippen LogP contribution >= 0.6 is 11.8 Å². The molecule has 1 unspecified atom stereocenters. The number of hydrogen-bond acceptors (Lipinski definition) is 4. The molecule has 1 fully saturated rings. The largest absolute Gasteiger partial charge is 0.338 e. The Bertz CT molecular complexity index is 779. The summed E-state index contributed by atoms with van der Waals surface area (Å²) in [5.41, 5.74) is 2.15. The number of nitro benzene ring substituents is 1. The molecule has 130 valence electrons. The second kappa shape index (κ2) is 7.70. The molecule has 0 aliphatic carbocycles. The summed E-state index contributed by atoms with van der Waals surface area (Å²) in [4.78, 5) is 25.4. The summed E-state index contributed by atoms with van der Waals surface area (Å²) in [6.07, 6.45) is 0.883. The van der Waals surface area contributed by atoms with Crippen LogP contribution in [0.15, 0.2) is 48.5 Å². The molecule has 3 rings (SSSR count). The molecular formula is C19H20N2O3S. The molecule has 1 aliphatic rings. The third-order valence-corrected chi connectivity index (χ3v) is 5.86. The van der Waals surface area contributed by atoms with Crippen LogP contribution in [0, 0.1) is 17.0 Å². The molecule has 1 atom stereocenters. The molecule has 0 N–H and O–H groups in total. The number of nitrogens with zero attached hydrogens (tertiary/aromatic N) is 2. The second-order valence-electron chi connectivity index (χ2n) is 6.06. The lowest BCUT2D eigenvalue weighted by molar-refractivity contribution is -0.385. The average Bonchev–Trinajstić information content (AvgIpc) is 2.88. The summed E-state index contributed by atoms with van der Waals surface area (Å²) >= 11 is 1.86. The van der Waals surface area contributed by atoms with E-state index in [-0.39, 0.29) is 11.6 Å². The summed E-state index contributed by atoms with van der Waals surface area (Å²) in [7, 11) is 0. The molecular weight excluding hydrogens is 336 g/mol. The van der Waals surface area contributed by atoms with Crippen LogP contribution < -0.4 is 0 Å². The molecule has 0 radical (unpaired) electrons. The zero-order valence-electron chi connectivity index (χ0n) is 14.1. The van der Waals surface area contributed by atoms with Crippen molar-refractivity contribution < 1.29 is 9.72 Å². The first-order chi connectivity index (χ1) is 12.1. The van der Waals surface area contributed by atoms with E-state index in [1.807, 2.05) is 34.9 Å². The molecule has 1 aliphatic heterocycles. The fraction of sp³-hybridized carbons (Fsp3) is 0.316. The molecule has 5 nitrogen and oxygen atoms in total. The number of thioether (sulfide) groups is 1. The molecule has 25 heavy (non-hydrogen) atoms. The van der Waals surface area contributed by atoms with Crippen LogP contribution in [0.4, 0.5) is 5.69 Å². The van der Waals surface area contributed by atoms with E-state index in [4.69, 9.17) is 0 Å². The Morgan fingerprint density at radius 2 is 1.92 bits per heavy atom. The Hall–Kier alpha value is -2.34. The van der Waals surface area contributed by atoms with Gasteiger partial charge in [-0.2, -0.15) is 11.8 Å². The first-order valence-corrected chi connectivity index (χ1v) is 9.32. The number of carbonyl (C=O) groups is 1. The van der Waals surface area contributed by atoms with Gasteiger partial charge in [0.1, 0.15) is 0 Å². The van der Waals surface area contributed by atoms with Gasteiger partial charge in [0.25, 0.3) is 11.6 Å². The van der Waals surface area contributed by atoms with E-state index in [0.717, 1.165) is 12.2 Å². The lowest BCUT2D eigenvalue weighted by Crippen LogP contribution is -2.33. The van der Waals surface area contributed by atoms with Crippen molar-refractivity contribution in [3.8, 4) is 0 Å². The van der Waals surface area contributed by atoms with Crippen LogP contribution in [0.5, 0.6) is 0 Å². The Balaban J connectivity index is 1.76. The maximum Gasteiger partial charge on any atom is 0.273 e. The molecule has 2 aromatic carbocycles. The van der Waals surface area contributed by atoms with Gasteiger partial charge in [-0.05, 0) is 25.0 Å².